The van der Waals surface area contributed by atoms with E-state index in [0.29, 0.717) is 5.82 Å². The molecular formula is C15H14BrN3. The summed E-state index contributed by atoms with van der Waals surface area (Å²) in [4.78, 5) is 4.64. The lowest BCUT2D eigenvalue weighted by molar-refractivity contribution is 1.19. The van der Waals surface area contributed by atoms with Crippen molar-refractivity contribution < 1.29 is 0 Å². The molecule has 3 nitrogen and oxygen atoms in total. The fourth-order valence-electron chi connectivity index (χ4n) is 2.15. The highest BCUT2D eigenvalue weighted by Crippen LogP contribution is 2.30. The number of nitrogens with zero attached hydrogens (tertiary/aromatic N) is 2. The first-order valence-corrected chi connectivity index (χ1v) is 6.87. The van der Waals surface area contributed by atoms with E-state index in [9.17, 15) is 0 Å². The number of benzene rings is 1. The third-order valence-electron chi connectivity index (χ3n) is 3.42. The fraction of sp³-hybridized carbons (Fsp3) is 0.133. The minimum Gasteiger partial charge on any atom is -0.383 e. The Kier molecular flexibility index (Phi) is 2.82. The first kappa shape index (κ1) is 12.2. The van der Waals surface area contributed by atoms with Gasteiger partial charge in [0.1, 0.15) is 11.5 Å². The lowest BCUT2D eigenvalue weighted by Crippen LogP contribution is -1.94. The number of fused-ring (bicyclic) bond motifs is 1. The number of imidazole rings is 1. The Hall–Kier alpha value is -1.81. The van der Waals surface area contributed by atoms with Crippen molar-refractivity contribution in [2.45, 2.75) is 13.8 Å². The summed E-state index contributed by atoms with van der Waals surface area (Å²) < 4.78 is 2.84. The average Bonchev–Trinajstić information content (AvgIpc) is 2.72. The van der Waals surface area contributed by atoms with Crippen molar-refractivity contribution in [3.63, 3.8) is 0 Å². The van der Waals surface area contributed by atoms with Crippen LogP contribution >= 0.6 is 15.9 Å². The highest BCUT2D eigenvalue weighted by molar-refractivity contribution is 9.10. The van der Waals surface area contributed by atoms with Crippen molar-refractivity contribution in [2.24, 2.45) is 0 Å². The van der Waals surface area contributed by atoms with Crippen LogP contribution in [0.2, 0.25) is 0 Å². The third kappa shape index (κ3) is 1.92. The smallest absolute Gasteiger partial charge is 0.153 e. The van der Waals surface area contributed by atoms with Gasteiger partial charge in [-0.1, -0.05) is 12.1 Å². The van der Waals surface area contributed by atoms with Crippen molar-refractivity contribution in [1.82, 2.24) is 9.38 Å². The Morgan fingerprint density at radius 3 is 2.63 bits per heavy atom. The SMILES string of the molecule is Cc1ccc(-c2nc3c(Br)cccn3c2N)cc1C. The van der Waals surface area contributed by atoms with E-state index in [-0.39, 0.29) is 0 Å². The maximum Gasteiger partial charge on any atom is 0.153 e. The van der Waals surface area contributed by atoms with Crippen molar-refractivity contribution >= 4 is 27.4 Å². The van der Waals surface area contributed by atoms with Crippen LogP contribution in [0, 0.1) is 13.8 Å². The molecule has 0 fully saturated rings. The van der Waals surface area contributed by atoms with Crippen LogP contribution in [-0.2, 0) is 0 Å². The van der Waals surface area contributed by atoms with E-state index >= 15 is 0 Å². The van der Waals surface area contributed by atoms with Gasteiger partial charge in [-0.25, -0.2) is 4.98 Å². The van der Waals surface area contributed by atoms with Crippen LogP contribution in [0.25, 0.3) is 16.9 Å². The van der Waals surface area contributed by atoms with Crippen molar-refractivity contribution in [3.05, 3.63) is 52.1 Å². The van der Waals surface area contributed by atoms with E-state index in [1.54, 1.807) is 0 Å². The molecule has 3 aromatic rings. The third-order valence-corrected chi connectivity index (χ3v) is 4.04. The first-order valence-electron chi connectivity index (χ1n) is 6.07. The molecule has 0 unspecified atom stereocenters. The van der Waals surface area contributed by atoms with Crippen LogP contribution in [-0.4, -0.2) is 9.38 Å². The van der Waals surface area contributed by atoms with E-state index < -0.39 is 0 Å². The molecule has 0 radical (unpaired) electrons. The number of aryl methyl sites for hydroxylation is 2. The summed E-state index contributed by atoms with van der Waals surface area (Å²) in [6, 6.07) is 10.2. The molecular weight excluding hydrogens is 302 g/mol. The van der Waals surface area contributed by atoms with Gasteiger partial charge >= 0.3 is 0 Å². The minimum absolute atomic E-state index is 0.666. The van der Waals surface area contributed by atoms with Crippen molar-refractivity contribution in [3.8, 4) is 11.3 Å². The maximum absolute atomic E-state index is 6.21. The lowest BCUT2D eigenvalue weighted by atomic mass is 10.0. The molecule has 3 rings (SSSR count). The van der Waals surface area contributed by atoms with Crippen LogP contribution < -0.4 is 5.73 Å². The summed E-state index contributed by atoms with van der Waals surface area (Å²) in [5.74, 6) is 0.666. The van der Waals surface area contributed by atoms with Gasteiger partial charge in [0.15, 0.2) is 5.65 Å². The van der Waals surface area contributed by atoms with Gasteiger partial charge in [-0.15, -0.1) is 0 Å². The number of aromatic nitrogens is 2. The molecule has 2 aromatic heterocycles. The molecule has 2 heterocycles. The van der Waals surface area contributed by atoms with Gasteiger partial charge < -0.3 is 5.73 Å². The highest BCUT2D eigenvalue weighted by Gasteiger charge is 2.13. The summed E-state index contributed by atoms with van der Waals surface area (Å²) in [5, 5.41) is 0. The van der Waals surface area contributed by atoms with Crippen molar-refractivity contribution in [2.75, 3.05) is 5.73 Å². The summed E-state index contributed by atoms with van der Waals surface area (Å²) >= 11 is 3.50. The molecule has 0 aliphatic rings. The summed E-state index contributed by atoms with van der Waals surface area (Å²) in [5.41, 5.74) is 11.4. The second-order valence-electron chi connectivity index (χ2n) is 4.69. The maximum atomic E-state index is 6.21. The molecule has 0 saturated heterocycles. The number of nitrogen functional groups attached to an aromatic ring is 1. The van der Waals surface area contributed by atoms with Gasteiger partial charge in [0.25, 0.3) is 0 Å². The molecule has 0 saturated carbocycles. The van der Waals surface area contributed by atoms with Gasteiger partial charge in [0.05, 0.1) is 4.47 Å². The summed E-state index contributed by atoms with van der Waals surface area (Å²) in [7, 11) is 0. The van der Waals surface area contributed by atoms with E-state index in [2.05, 4.69) is 53.0 Å². The molecule has 0 atom stereocenters. The van der Waals surface area contributed by atoms with Gasteiger partial charge in [-0.3, -0.25) is 4.40 Å². The van der Waals surface area contributed by atoms with Crippen LogP contribution in [0.5, 0.6) is 0 Å². The Morgan fingerprint density at radius 2 is 1.95 bits per heavy atom. The second-order valence-corrected chi connectivity index (χ2v) is 5.55. The predicted octanol–water partition coefficient (Wildman–Crippen LogP) is 3.96. The predicted molar refractivity (Wildman–Crippen MR) is 82.2 cm³/mol. The fourth-order valence-corrected chi connectivity index (χ4v) is 2.59. The number of anilines is 1. The van der Waals surface area contributed by atoms with E-state index in [0.717, 1.165) is 21.4 Å². The van der Waals surface area contributed by atoms with Crippen LogP contribution in [0.1, 0.15) is 11.1 Å². The van der Waals surface area contributed by atoms with Gasteiger partial charge in [0.2, 0.25) is 0 Å². The van der Waals surface area contributed by atoms with Crippen LogP contribution in [0.15, 0.2) is 41.0 Å². The van der Waals surface area contributed by atoms with Crippen molar-refractivity contribution in [1.29, 1.82) is 0 Å². The minimum atomic E-state index is 0.666. The number of pyridine rings is 1. The molecule has 0 bridgehead atoms. The molecule has 0 amide bonds. The van der Waals surface area contributed by atoms with Crippen LogP contribution in [0.3, 0.4) is 0 Å². The lowest BCUT2D eigenvalue weighted by Gasteiger charge is -2.03. The number of hydrogen-bond acceptors (Lipinski definition) is 2. The monoisotopic (exact) mass is 315 g/mol. The molecule has 96 valence electrons. The van der Waals surface area contributed by atoms with E-state index in [1.165, 1.54) is 11.1 Å². The zero-order valence-electron chi connectivity index (χ0n) is 10.8. The largest absolute Gasteiger partial charge is 0.383 e. The summed E-state index contributed by atoms with van der Waals surface area (Å²) in [6.07, 6.45) is 1.92. The molecule has 2 N–H and O–H groups in total. The Balaban J connectivity index is 2.28. The zero-order chi connectivity index (χ0) is 13.6. The Bertz CT molecular complexity index is 774. The Labute approximate surface area is 120 Å². The van der Waals surface area contributed by atoms with Gasteiger partial charge in [0, 0.05) is 11.8 Å². The standard InChI is InChI=1S/C15H14BrN3/c1-9-5-6-11(8-10(9)2)13-14(17)19-7-3-4-12(16)15(19)18-13/h3-8H,17H2,1-2H3. The second kappa shape index (κ2) is 4.38. The summed E-state index contributed by atoms with van der Waals surface area (Å²) in [6.45, 7) is 4.20. The van der Waals surface area contributed by atoms with Gasteiger partial charge in [-0.2, -0.15) is 0 Å². The van der Waals surface area contributed by atoms with E-state index in [4.69, 9.17) is 5.73 Å². The highest BCUT2D eigenvalue weighted by atomic mass is 79.9. The first-order chi connectivity index (χ1) is 9.08. The number of nitrogens with two attached hydrogens (primary N) is 1. The molecule has 1 aromatic carbocycles. The molecule has 0 aliphatic carbocycles. The molecule has 19 heavy (non-hydrogen) atoms. The zero-order valence-corrected chi connectivity index (χ0v) is 12.4. The quantitative estimate of drug-likeness (QED) is 0.738. The normalized spacial score (nSPS) is 11.1. The molecule has 4 heteroatoms. The number of rotatable bonds is 1. The average molecular weight is 316 g/mol. The molecule has 0 spiro atoms. The molecule has 0 aliphatic heterocycles. The van der Waals surface area contributed by atoms with Gasteiger partial charge in [-0.05, 0) is 59.1 Å². The number of halogens is 1. The van der Waals surface area contributed by atoms with E-state index in [1.807, 2.05) is 22.7 Å². The number of hydrogen-bond donors (Lipinski definition) is 1. The van der Waals surface area contributed by atoms with Crippen LogP contribution in [0.4, 0.5) is 5.82 Å². The topological polar surface area (TPSA) is 43.3 Å². The Morgan fingerprint density at radius 1 is 1.16 bits per heavy atom.